The molecule has 3 aromatic rings. The van der Waals surface area contributed by atoms with Crippen molar-refractivity contribution in [2.24, 2.45) is 0 Å². The molecule has 1 fully saturated rings. The number of unbranched alkanes of at least 4 members (excludes halogenated alkanes) is 2. The number of benzene rings is 2. The van der Waals surface area contributed by atoms with Gasteiger partial charge in [-0.2, -0.15) is 0 Å². The van der Waals surface area contributed by atoms with E-state index in [2.05, 4.69) is 11.9 Å². The van der Waals surface area contributed by atoms with Gasteiger partial charge in [-0.05, 0) is 68.7 Å². The van der Waals surface area contributed by atoms with Crippen LogP contribution in [0.5, 0.6) is 17.2 Å². The zero-order valence-electron chi connectivity index (χ0n) is 25.5. The average molecular weight is 621 g/mol. The molecule has 5 rings (SSSR count). The summed E-state index contributed by atoms with van der Waals surface area (Å²) in [6.45, 7) is 8.09. The van der Waals surface area contributed by atoms with Crippen molar-refractivity contribution in [3.8, 4) is 17.2 Å². The number of aromatic nitrogens is 1. The van der Waals surface area contributed by atoms with Gasteiger partial charge in [-0.3, -0.25) is 14.5 Å². The highest BCUT2D eigenvalue weighted by Crippen LogP contribution is 2.46. The molecule has 0 aliphatic carbocycles. The summed E-state index contributed by atoms with van der Waals surface area (Å²) in [5.74, 6) is -0.990. The van der Waals surface area contributed by atoms with Crippen molar-refractivity contribution >= 4 is 39.9 Å². The lowest BCUT2D eigenvalue weighted by Gasteiger charge is -2.24. The van der Waals surface area contributed by atoms with Crippen LogP contribution in [0.15, 0.2) is 42.0 Å². The van der Waals surface area contributed by atoms with Crippen molar-refractivity contribution in [3.05, 3.63) is 69.2 Å². The predicted molar refractivity (Wildman–Crippen MR) is 166 cm³/mol. The molecule has 3 heterocycles. The molecule has 11 heteroatoms. The van der Waals surface area contributed by atoms with Gasteiger partial charge in [0.05, 0.1) is 37.6 Å². The predicted octanol–water partition coefficient (Wildman–Crippen LogP) is 6.16. The van der Waals surface area contributed by atoms with Crippen LogP contribution in [0.3, 0.4) is 0 Å². The van der Waals surface area contributed by atoms with E-state index in [-0.39, 0.29) is 34.1 Å². The van der Waals surface area contributed by atoms with Gasteiger partial charge in [0.25, 0.3) is 5.78 Å². The third kappa shape index (κ3) is 5.88. The van der Waals surface area contributed by atoms with Gasteiger partial charge in [0, 0.05) is 12.0 Å². The second-order valence-corrected chi connectivity index (χ2v) is 11.7. The Kier molecular flexibility index (Phi) is 9.24. The normalized spacial score (nSPS) is 18.7. The molecular weight excluding hydrogens is 584 g/mol. The summed E-state index contributed by atoms with van der Waals surface area (Å²) < 4.78 is 22.6. The summed E-state index contributed by atoms with van der Waals surface area (Å²) in [6, 6.07) is 9.28. The van der Waals surface area contributed by atoms with Crippen molar-refractivity contribution in [3.63, 3.8) is 0 Å². The van der Waals surface area contributed by atoms with E-state index in [4.69, 9.17) is 18.9 Å². The van der Waals surface area contributed by atoms with Crippen LogP contribution in [0.1, 0.15) is 78.1 Å². The molecular formula is C33H36N2O8S. The monoisotopic (exact) mass is 620 g/mol. The lowest BCUT2D eigenvalue weighted by molar-refractivity contribution is -0.132. The van der Waals surface area contributed by atoms with Crippen molar-refractivity contribution in [2.45, 2.75) is 65.5 Å². The molecule has 232 valence electrons. The van der Waals surface area contributed by atoms with Gasteiger partial charge in [0.2, 0.25) is 0 Å². The summed E-state index contributed by atoms with van der Waals surface area (Å²) in [7, 11) is 1.51. The van der Waals surface area contributed by atoms with Crippen LogP contribution in [0.25, 0.3) is 5.76 Å². The molecule has 2 unspecified atom stereocenters. The average Bonchev–Trinajstić information content (AvgIpc) is 3.66. The molecule has 0 spiro atoms. The number of amides is 1. The maximum Gasteiger partial charge on any atom is 0.350 e. The fraction of sp³-hybridized carbons (Fsp3) is 0.394. The fourth-order valence-electron chi connectivity index (χ4n) is 5.45. The van der Waals surface area contributed by atoms with Crippen molar-refractivity contribution in [1.82, 2.24) is 4.98 Å². The number of esters is 1. The standard InChI is InChI=1S/C33H36N2O8S/c1-6-8-9-14-42-24-13-10-20(17-25(24)40-5)27-26(28(36)21-11-12-23-22(16-21)15-18(3)43-23)29(37)31(38)35(27)33-34-19(4)30(44-33)32(39)41-7-2/h10-13,16-18,27,36H,6-9,14-15H2,1-5H3/b28-26+. The van der Waals surface area contributed by atoms with Gasteiger partial charge in [0.1, 0.15) is 22.5 Å². The number of aliphatic hydroxyl groups is 1. The Balaban J connectivity index is 1.63. The topological polar surface area (TPSA) is 124 Å². The summed E-state index contributed by atoms with van der Waals surface area (Å²) >= 11 is 0.954. The van der Waals surface area contributed by atoms with Crippen LogP contribution in [0, 0.1) is 6.92 Å². The maximum atomic E-state index is 13.7. The van der Waals surface area contributed by atoms with E-state index in [1.54, 1.807) is 50.2 Å². The van der Waals surface area contributed by atoms with E-state index in [0.717, 1.165) is 41.9 Å². The minimum absolute atomic E-state index is 0.00937. The van der Waals surface area contributed by atoms with E-state index < -0.39 is 23.7 Å². The third-order valence-corrected chi connectivity index (χ3v) is 8.71. The van der Waals surface area contributed by atoms with Gasteiger partial charge in [-0.1, -0.05) is 37.2 Å². The van der Waals surface area contributed by atoms with Crippen LogP contribution >= 0.6 is 11.3 Å². The summed E-state index contributed by atoms with van der Waals surface area (Å²) in [6.07, 6.45) is 3.62. The number of aryl methyl sites for hydroxylation is 1. The number of ketones is 1. The number of ether oxygens (including phenoxy) is 4. The number of nitrogens with zero attached hydrogens (tertiary/aromatic N) is 2. The van der Waals surface area contributed by atoms with Crippen LogP contribution in [-0.2, 0) is 20.7 Å². The fourth-order valence-corrected chi connectivity index (χ4v) is 6.44. The molecule has 0 bridgehead atoms. The first-order valence-corrected chi connectivity index (χ1v) is 15.6. The van der Waals surface area contributed by atoms with Crippen molar-refractivity contribution in [2.75, 3.05) is 25.2 Å². The summed E-state index contributed by atoms with van der Waals surface area (Å²) in [4.78, 5) is 46.0. The molecule has 0 saturated carbocycles. The number of thiazole rings is 1. The molecule has 2 aliphatic rings. The van der Waals surface area contributed by atoms with Crippen molar-refractivity contribution < 1.29 is 38.4 Å². The largest absolute Gasteiger partial charge is 0.507 e. The molecule has 2 atom stereocenters. The summed E-state index contributed by atoms with van der Waals surface area (Å²) in [5.41, 5.74) is 2.03. The number of hydrogen-bond acceptors (Lipinski definition) is 10. The number of methoxy groups -OCH3 is 1. The molecule has 2 aliphatic heterocycles. The Morgan fingerprint density at radius 1 is 1.14 bits per heavy atom. The molecule has 1 amide bonds. The van der Waals surface area contributed by atoms with Crippen LogP contribution in [0.2, 0.25) is 0 Å². The third-order valence-electron chi connectivity index (χ3n) is 7.57. The van der Waals surface area contributed by atoms with Gasteiger partial charge >= 0.3 is 11.9 Å². The van der Waals surface area contributed by atoms with E-state index >= 15 is 0 Å². The van der Waals surface area contributed by atoms with Gasteiger partial charge in [-0.15, -0.1) is 0 Å². The lowest BCUT2D eigenvalue weighted by atomic mass is 9.94. The number of anilines is 1. The zero-order chi connectivity index (χ0) is 31.5. The minimum atomic E-state index is -1.07. The van der Waals surface area contributed by atoms with E-state index in [0.29, 0.717) is 41.3 Å². The first-order valence-electron chi connectivity index (χ1n) is 14.7. The highest BCUT2D eigenvalue weighted by Gasteiger charge is 2.49. The Morgan fingerprint density at radius 2 is 1.93 bits per heavy atom. The van der Waals surface area contributed by atoms with Crippen LogP contribution < -0.4 is 19.1 Å². The SMILES string of the molecule is CCCCCOc1ccc(C2/C(=C(\O)c3ccc4c(c3)CC(C)O4)C(=O)C(=O)N2c2nc(C)c(C(=O)OCC)s2)cc1OC. The summed E-state index contributed by atoms with van der Waals surface area (Å²) in [5, 5.41) is 11.8. The maximum absolute atomic E-state index is 13.7. The lowest BCUT2D eigenvalue weighted by Crippen LogP contribution is -2.29. The van der Waals surface area contributed by atoms with E-state index in [1.165, 1.54) is 12.0 Å². The van der Waals surface area contributed by atoms with Crippen molar-refractivity contribution in [1.29, 1.82) is 0 Å². The molecule has 2 aromatic carbocycles. The number of fused-ring (bicyclic) bond motifs is 1. The molecule has 1 aromatic heterocycles. The first-order chi connectivity index (χ1) is 21.2. The Hall–Kier alpha value is -4.38. The number of hydrogen-bond donors (Lipinski definition) is 1. The minimum Gasteiger partial charge on any atom is -0.507 e. The molecule has 44 heavy (non-hydrogen) atoms. The molecule has 10 nitrogen and oxygen atoms in total. The second kappa shape index (κ2) is 13.1. The van der Waals surface area contributed by atoms with Gasteiger partial charge in [-0.25, -0.2) is 9.78 Å². The molecule has 1 N–H and O–H groups in total. The van der Waals surface area contributed by atoms with Crippen LogP contribution in [-0.4, -0.2) is 54.2 Å². The molecule has 1 saturated heterocycles. The highest BCUT2D eigenvalue weighted by atomic mass is 32.1. The van der Waals surface area contributed by atoms with Gasteiger partial charge < -0.3 is 24.1 Å². The number of rotatable bonds is 11. The number of aliphatic hydroxyl groups excluding tert-OH is 1. The van der Waals surface area contributed by atoms with Gasteiger partial charge in [0.15, 0.2) is 16.6 Å². The smallest absolute Gasteiger partial charge is 0.350 e. The number of Topliss-reactive ketones (excluding diaryl/α,β-unsaturated/α-hetero) is 1. The Morgan fingerprint density at radius 3 is 2.66 bits per heavy atom. The zero-order valence-corrected chi connectivity index (χ0v) is 26.3. The van der Waals surface area contributed by atoms with Crippen LogP contribution in [0.4, 0.5) is 5.13 Å². The van der Waals surface area contributed by atoms with E-state index in [9.17, 15) is 19.5 Å². The number of carbonyl (C=O) groups is 3. The highest BCUT2D eigenvalue weighted by molar-refractivity contribution is 7.17. The van der Waals surface area contributed by atoms with E-state index in [1.807, 2.05) is 6.92 Å². The Bertz CT molecular complexity index is 1630. The Labute approximate surface area is 260 Å². The quantitative estimate of drug-likeness (QED) is 0.0883. The first kappa shape index (κ1) is 31.1. The second-order valence-electron chi connectivity index (χ2n) is 10.7. The number of carbonyl (C=O) groups excluding carboxylic acids is 3. The molecule has 0 radical (unpaired) electrons.